The largest absolute Gasteiger partial charge is 0.360 e. The Kier molecular flexibility index (Phi) is 6.41. The van der Waals surface area contributed by atoms with Gasteiger partial charge in [0.15, 0.2) is 4.34 Å². The number of nitrogens with zero attached hydrogens (tertiary/aromatic N) is 2. The van der Waals surface area contributed by atoms with E-state index in [0.717, 1.165) is 18.1 Å². The fourth-order valence-corrected chi connectivity index (χ4v) is 3.23. The Morgan fingerprint density at radius 3 is 3.05 bits per heavy atom. The molecule has 0 unspecified atom stereocenters. The van der Waals surface area contributed by atoms with Crippen molar-refractivity contribution in [3.8, 4) is 0 Å². The topological polar surface area (TPSA) is 66.9 Å². The Morgan fingerprint density at radius 1 is 1.45 bits per heavy atom. The predicted octanol–water partition coefficient (Wildman–Crippen LogP) is 3.88. The predicted molar refractivity (Wildman–Crippen MR) is 89.5 cm³/mol. The minimum absolute atomic E-state index is 0.0701. The van der Waals surface area contributed by atoms with Crippen molar-refractivity contribution in [1.29, 1.82) is 0 Å². The molecule has 0 spiro atoms. The fourth-order valence-electron chi connectivity index (χ4n) is 1.48. The maximum Gasteiger partial charge on any atom is 0.234 e. The van der Waals surface area contributed by atoms with Crippen molar-refractivity contribution in [2.75, 3.05) is 22.9 Å². The second kappa shape index (κ2) is 8.30. The summed E-state index contributed by atoms with van der Waals surface area (Å²) < 4.78 is 14.2. The zero-order valence-corrected chi connectivity index (χ0v) is 14.1. The van der Waals surface area contributed by atoms with Gasteiger partial charge in [0.05, 0.1) is 11.4 Å². The molecule has 1 amide bonds. The second-order valence-corrected chi connectivity index (χ2v) is 6.90. The van der Waals surface area contributed by atoms with Crippen molar-refractivity contribution in [2.45, 2.75) is 17.7 Å². The second-order valence-electron chi connectivity index (χ2n) is 4.26. The van der Waals surface area contributed by atoms with E-state index in [2.05, 4.69) is 27.8 Å². The highest BCUT2D eigenvalue weighted by Crippen LogP contribution is 2.26. The van der Waals surface area contributed by atoms with Crippen LogP contribution in [0, 0.1) is 5.82 Å². The Labute approximate surface area is 140 Å². The molecule has 1 heterocycles. The lowest BCUT2D eigenvalue weighted by atomic mass is 10.3. The van der Waals surface area contributed by atoms with E-state index in [1.807, 2.05) is 0 Å². The molecule has 0 bridgehead atoms. The van der Waals surface area contributed by atoms with Crippen LogP contribution in [0.2, 0.25) is 5.02 Å². The molecule has 2 aromatic rings. The molecular formula is C13H14ClFN4OS2. The quantitative estimate of drug-likeness (QED) is 0.733. The minimum Gasteiger partial charge on any atom is -0.360 e. The fraction of sp³-hybridized carbons (Fsp3) is 0.308. The van der Waals surface area contributed by atoms with Gasteiger partial charge in [0.1, 0.15) is 5.82 Å². The third-order valence-electron chi connectivity index (χ3n) is 2.46. The molecule has 2 N–H and O–H groups in total. The van der Waals surface area contributed by atoms with Gasteiger partial charge >= 0.3 is 0 Å². The molecule has 0 aliphatic carbocycles. The smallest absolute Gasteiger partial charge is 0.234 e. The maximum atomic E-state index is 13.5. The first kappa shape index (κ1) is 17.0. The molecule has 0 saturated carbocycles. The number of hydrogen-bond donors (Lipinski definition) is 2. The highest BCUT2D eigenvalue weighted by molar-refractivity contribution is 8.01. The molecule has 118 valence electrons. The van der Waals surface area contributed by atoms with Gasteiger partial charge in [0, 0.05) is 11.6 Å². The molecule has 5 nitrogen and oxygen atoms in total. The number of carbonyl (C=O) groups excluding carboxylic acids is 1. The average Bonchev–Trinajstić information content (AvgIpc) is 2.95. The number of aromatic nitrogens is 2. The van der Waals surface area contributed by atoms with Crippen LogP contribution < -0.4 is 10.6 Å². The summed E-state index contributed by atoms with van der Waals surface area (Å²) in [7, 11) is 0. The number of amides is 1. The Morgan fingerprint density at radius 2 is 2.27 bits per heavy atom. The van der Waals surface area contributed by atoms with Crippen LogP contribution in [0.15, 0.2) is 22.5 Å². The number of halogens is 2. The van der Waals surface area contributed by atoms with Crippen molar-refractivity contribution in [2.24, 2.45) is 0 Å². The lowest BCUT2D eigenvalue weighted by Gasteiger charge is -2.05. The number of anilines is 2. The van der Waals surface area contributed by atoms with E-state index in [0.29, 0.717) is 9.36 Å². The Hall–Kier alpha value is -1.38. The molecule has 0 radical (unpaired) electrons. The number of hydrogen-bond acceptors (Lipinski definition) is 6. The zero-order chi connectivity index (χ0) is 15.9. The number of benzene rings is 1. The van der Waals surface area contributed by atoms with Crippen LogP contribution in [-0.4, -0.2) is 28.4 Å². The van der Waals surface area contributed by atoms with E-state index in [-0.39, 0.29) is 17.3 Å². The molecular weight excluding hydrogens is 347 g/mol. The lowest BCUT2D eigenvalue weighted by molar-refractivity contribution is -0.113. The van der Waals surface area contributed by atoms with Gasteiger partial charge in [-0.1, -0.05) is 41.6 Å². The van der Waals surface area contributed by atoms with Crippen LogP contribution in [0.3, 0.4) is 0 Å². The normalized spacial score (nSPS) is 10.5. The molecule has 0 saturated heterocycles. The van der Waals surface area contributed by atoms with Crippen molar-refractivity contribution < 1.29 is 9.18 Å². The summed E-state index contributed by atoms with van der Waals surface area (Å²) in [4.78, 5) is 11.8. The van der Waals surface area contributed by atoms with Crippen LogP contribution in [0.1, 0.15) is 13.3 Å². The van der Waals surface area contributed by atoms with Crippen molar-refractivity contribution in [3.05, 3.63) is 29.0 Å². The summed E-state index contributed by atoms with van der Waals surface area (Å²) in [6.45, 7) is 2.89. The maximum absolute atomic E-state index is 13.5. The van der Waals surface area contributed by atoms with Crippen molar-refractivity contribution in [3.63, 3.8) is 0 Å². The number of thioether (sulfide) groups is 1. The van der Waals surface area contributed by atoms with Crippen LogP contribution in [0.4, 0.5) is 15.2 Å². The van der Waals surface area contributed by atoms with Crippen molar-refractivity contribution in [1.82, 2.24) is 10.2 Å². The summed E-state index contributed by atoms with van der Waals surface area (Å²) in [6.07, 6.45) is 0.996. The standard InChI is InChI=1S/C13H14ClFN4OS2/c1-2-5-16-12-18-19-13(22-12)21-7-11(20)17-10-6-8(14)3-4-9(10)15/h3-4,6H,2,5,7H2,1H3,(H,16,18)(H,17,20). The molecule has 0 fully saturated rings. The van der Waals surface area contributed by atoms with E-state index in [1.165, 1.54) is 41.3 Å². The summed E-state index contributed by atoms with van der Waals surface area (Å²) >= 11 is 8.40. The van der Waals surface area contributed by atoms with Crippen molar-refractivity contribution >= 4 is 51.4 Å². The lowest BCUT2D eigenvalue weighted by Crippen LogP contribution is -2.15. The van der Waals surface area contributed by atoms with Crippen LogP contribution in [0.25, 0.3) is 0 Å². The van der Waals surface area contributed by atoms with Gasteiger partial charge in [-0.25, -0.2) is 4.39 Å². The molecule has 1 aromatic heterocycles. The third-order valence-corrected chi connectivity index (χ3v) is 4.71. The summed E-state index contributed by atoms with van der Waals surface area (Å²) in [5.74, 6) is -0.733. The number of rotatable bonds is 7. The van der Waals surface area contributed by atoms with E-state index in [9.17, 15) is 9.18 Å². The zero-order valence-electron chi connectivity index (χ0n) is 11.7. The van der Waals surface area contributed by atoms with E-state index in [4.69, 9.17) is 11.6 Å². The average molecular weight is 361 g/mol. The van der Waals surface area contributed by atoms with E-state index in [1.54, 1.807) is 0 Å². The van der Waals surface area contributed by atoms with Crippen LogP contribution in [0.5, 0.6) is 0 Å². The van der Waals surface area contributed by atoms with Gasteiger partial charge in [-0.05, 0) is 24.6 Å². The number of carbonyl (C=O) groups is 1. The Balaban J connectivity index is 1.85. The van der Waals surface area contributed by atoms with Crippen LogP contribution >= 0.6 is 34.7 Å². The first-order chi connectivity index (χ1) is 10.6. The molecule has 0 aliphatic rings. The third kappa shape index (κ3) is 5.11. The monoisotopic (exact) mass is 360 g/mol. The summed E-state index contributed by atoms with van der Waals surface area (Å²) in [5, 5.41) is 14.6. The Bertz CT molecular complexity index is 653. The number of nitrogens with one attached hydrogen (secondary N) is 2. The van der Waals surface area contributed by atoms with Crippen LogP contribution in [-0.2, 0) is 4.79 Å². The molecule has 1 aromatic carbocycles. The van der Waals surface area contributed by atoms with Gasteiger partial charge < -0.3 is 10.6 Å². The van der Waals surface area contributed by atoms with Gasteiger partial charge in [0.25, 0.3) is 0 Å². The van der Waals surface area contributed by atoms with E-state index >= 15 is 0 Å². The molecule has 9 heteroatoms. The molecule has 22 heavy (non-hydrogen) atoms. The highest BCUT2D eigenvalue weighted by atomic mass is 35.5. The first-order valence-corrected chi connectivity index (χ1v) is 8.71. The van der Waals surface area contributed by atoms with Gasteiger partial charge in [0.2, 0.25) is 11.0 Å². The molecule has 0 atom stereocenters. The minimum atomic E-state index is -0.523. The molecule has 2 rings (SSSR count). The van der Waals surface area contributed by atoms with Gasteiger partial charge in [-0.15, -0.1) is 10.2 Å². The van der Waals surface area contributed by atoms with Gasteiger partial charge in [-0.3, -0.25) is 4.79 Å². The SMILES string of the molecule is CCCNc1nnc(SCC(=O)Nc2cc(Cl)ccc2F)s1. The van der Waals surface area contributed by atoms with Gasteiger partial charge in [-0.2, -0.15) is 0 Å². The van der Waals surface area contributed by atoms with E-state index < -0.39 is 5.82 Å². The summed E-state index contributed by atoms with van der Waals surface area (Å²) in [5.41, 5.74) is 0.0701. The first-order valence-electron chi connectivity index (χ1n) is 6.53. The summed E-state index contributed by atoms with van der Waals surface area (Å²) in [6, 6.07) is 4.01. The molecule has 0 aliphatic heterocycles. The highest BCUT2D eigenvalue weighted by Gasteiger charge is 2.10.